The fourth-order valence-electron chi connectivity index (χ4n) is 2.51. The summed E-state index contributed by atoms with van der Waals surface area (Å²) >= 11 is 3.96. The van der Waals surface area contributed by atoms with Gasteiger partial charge in [-0.15, -0.1) is 0 Å². The van der Waals surface area contributed by atoms with Crippen LogP contribution in [0.2, 0.25) is 0 Å². The highest BCUT2D eigenvalue weighted by molar-refractivity contribution is 7.89. The van der Waals surface area contributed by atoms with Crippen LogP contribution in [0.5, 0.6) is 0 Å². The number of hydrogen-bond donors (Lipinski definition) is 3. The van der Waals surface area contributed by atoms with E-state index in [0.717, 1.165) is 12.8 Å². The molecule has 0 saturated heterocycles. The quantitative estimate of drug-likeness (QED) is 0.198. The van der Waals surface area contributed by atoms with Crippen molar-refractivity contribution in [1.29, 1.82) is 0 Å². The lowest BCUT2D eigenvalue weighted by molar-refractivity contribution is 0.366. The van der Waals surface area contributed by atoms with Crippen LogP contribution in [0, 0.1) is 0 Å². The summed E-state index contributed by atoms with van der Waals surface area (Å²) < 4.78 is 10.9. The average Bonchev–Trinajstić information content (AvgIpc) is 2.42. The van der Waals surface area contributed by atoms with Crippen LogP contribution >= 0.6 is 20.2 Å². The predicted molar refractivity (Wildman–Crippen MR) is 95.1 cm³/mol. The summed E-state index contributed by atoms with van der Waals surface area (Å²) in [6.45, 7) is 2.25. The Kier molecular flexibility index (Phi) is 14.5. The molecule has 0 aromatic carbocycles. The van der Waals surface area contributed by atoms with Gasteiger partial charge in [0.1, 0.15) is 4.99 Å². The summed E-state index contributed by atoms with van der Waals surface area (Å²) in [5.41, 5.74) is 0. The Morgan fingerprint density at radius 3 is 1.43 bits per heavy atom. The second-order valence-electron chi connectivity index (χ2n) is 6.10. The Hall–Kier alpha value is 0.500. The largest absolute Gasteiger partial charge is 0.338 e. The third-order valence-electron chi connectivity index (χ3n) is 3.95. The van der Waals surface area contributed by atoms with Crippen LogP contribution in [0.25, 0.3) is 0 Å². The number of thiol groups is 1. The molecular formula is C16H35O3PS. The molecule has 0 rings (SSSR count). The van der Waals surface area contributed by atoms with Gasteiger partial charge in [-0.05, 0) is 6.42 Å². The molecule has 1 atom stereocenters. The summed E-state index contributed by atoms with van der Waals surface area (Å²) in [5, 5.41) is 0. The molecule has 21 heavy (non-hydrogen) atoms. The maximum atomic E-state index is 10.9. The number of rotatable bonds is 15. The van der Waals surface area contributed by atoms with Crippen molar-refractivity contribution in [3.05, 3.63) is 0 Å². The SMILES string of the molecule is CCCCCCCCCCCCCCCC(S)P(=O)(O)O. The third-order valence-corrected chi connectivity index (χ3v) is 6.15. The van der Waals surface area contributed by atoms with E-state index >= 15 is 0 Å². The van der Waals surface area contributed by atoms with Gasteiger partial charge in [0.15, 0.2) is 0 Å². The monoisotopic (exact) mass is 338 g/mol. The number of unbranched alkanes of at least 4 members (excludes halogenated alkanes) is 12. The minimum atomic E-state index is -3.98. The predicted octanol–water partition coefficient (Wildman–Crippen LogP) is 5.90. The van der Waals surface area contributed by atoms with Crippen molar-refractivity contribution in [2.45, 2.75) is 102 Å². The first kappa shape index (κ1) is 21.5. The lowest BCUT2D eigenvalue weighted by atomic mass is 10.0. The van der Waals surface area contributed by atoms with Crippen LogP contribution in [0.1, 0.15) is 96.8 Å². The van der Waals surface area contributed by atoms with E-state index in [-0.39, 0.29) is 0 Å². The summed E-state index contributed by atoms with van der Waals surface area (Å²) in [6, 6.07) is 0. The van der Waals surface area contributed by atoms with Gasteiger partial charge in [-0.2, -0.15) is 12.6 Å². The van der Waals surface area contributed by atoms with Crippen molar-refractivity contribution in [2.24, 2.45) is 0 Å². The molecule has 0 saturated carbocycles. The zero-order valence-electron chi connectivity index (χ0n) is 13.7. The number of hydrogen-bond acceptors (Lipinski definition) is 2. The van der Waals surface area contributed by atoms with Crippen molar-refractivity contribution >= 4 is 20.2 Å². The highest BCUT2D eigenvalue weighted by atomic mass is 32.1. The Labute approximate surface area is 136 Å². The molecule has 0 amide bonds. The van der Waals surface area contributed by atoms with Crippen molar-refractivity contribution in [1.82, 2.24) is 0 Å². The van der Waals surface area contributed by atoms with E-state index in [4.69, 9.17) is 9.79 Å². The van der Waals surface area contributed by atoms with Gasteiger partial charge in [-0.3, -0.25) is 4.57 Å². The second kappa shape index (κ2) is 14.1. The van der Waals surface area contributed by atoms with Gasteiger partial charge >= 0.3 is 7.60 Å². The van der Waals surface area contributed by atoms with Crippen molar-refractivity contribution in [2.75, 3.05) is 0 Å². The molecule has 2 N–H and O–H groups in total. The maximum absolute atomic E-state index is 10.9. The van der Waals surface area contributed by atoms with Crippen molar-refractivity contribution in [3.8, 4) is 0 Å². The highest BCUT2D eigenvalue weighted by Crippen LogP contribution is 2.45. The lowest BCUT2D eigenvalue weighted by Crippen LogP contribution is -1.99. The standard InChI is InChI=1S/C16H35O3PS/c1-2-3-4-5-6-7-8-9-10-11-12-13-14-15-16(21)20(17,18)19/h16,21H,2-15H2,1H3,(H2,17,18,19). The van der Waals surface area contributed by atoms with Gasteiger partial charge < -0.3 is 9.79 Å². The third kappa shape index (κ3) is 15.2. The van der Waals surface area contributed by atoms with E-state index < -0.39 is 12.6 Å². The molecule has 0 heterocycles. The van der Waals surface area contributed by atoms with Crippen molar-refractivity contribution in [3.63, 3.8) is 0 Å². The fraction of sp³-hybridized carbons (Fsp3) is 1.00. The molecule has 1 unspecified atom stereocenters. The normalized spacial score (nSPS) is 13.5. The summed E-state index contributed by atoms with van der Waals surface area (Å²) in [6.07, 6.45) is 17.2. The van der Waals surface area contributed by atoms with Crippen LogP contribution < -0.4 is 0 Å². The van der Waals surface area contributed by atoms with Gasteiger partial charge in [-0.25, -0.2) is 0 Å². The van der Waals surface area contributed by atoms with E-state index in [1.165, 1.54) is 70.6 Å². The van der Waals surface area contributed by atoms with Gasteiger partial charge in [-0.1, -0.05) is 90.4 Å². The average molecular weight is 338 g/mol. The molecular weight excluding hydrogens is 303 g/mol. The van der Waals surface area contributed by atoms with Crippen LogP contribution in [0.4, 0.5) is 0 Å². The van der Waals surface area contributed by atoms with Gasteiger partial charge in [0, 0.05) is 0 Å². The van der Waals surface area contributed by atoms with E-state index in [1.54, 1.807) is 0 Å². The molecule has 5 heteroatoms. The summed E-state index contributed by atoms with van der Waals surface area (Å²) in [7, 11) is -3.98. The van der Waals surface area contributed by atoms with Crippen molar-refractivity contribution < 1.29 is 14.4 Å². The van der Waals surface area contributed by atoms with Crippen LogP contribution in [0.3, 0.4) is 0 Å². The summed E-state index contributed by atoms with van der Waals surface area (Å²) in [4.78, 5) is 17.1. The maximum Gasteiger partial charge on any atom is 0.338 e. The minimum absolute atomic E-state index is 0.519. The Balaban J connectivity index is 3.14. The zero-order chi connectivity index (χ0) is 16.0. The van der Waals surface area contributed by atoms with E-state index in [0.29, 0.717) is 6.42 Å². The molecule has 0 aliphatic heterocycles. The molecule has 0 aromatic rings. The van der Waals surface area contributed by atoms with Gasteiger partial charge in [0.05, 0.1) is 0 Å². The molecule has 3 nitrogen and oxygen atoms in total. The zero-order valence-corrected chi connectivity index (χ0v) is 15.5. The first-order chi connectivity index (χ1) is 9.98. The fourth-order valence-corrected chi connectivity index (χ4v) is 3.21. The first-order valence-corrected chi connectivity index (χ1v) is 10.9. The first-order valence-electron chi connectivity index (χ1n) is 8.71. The smallest absolute Gasteiger partial charge is 0.324 e. The molecule has 0 aliphatic rings. The summed E-state index contributed by atoms with van der Waals surface area (Å²) in [5.74, 6) is 0. The Morgan fingerprint density at radius 2 is 1.10 bits per heavy atom. The highest BCUT2D eigenvalue weighted by Gasteiger charge is 2.23. The molecule has 128 valence electrons. The molecule has 0 bridgehead atoms. The molecule has 0 fully saturated rings. The van der Waals surface area contributed by atoms with Crippen LogP contribution in [-0.4, -0.2) is 14.8 Å². The lowest BCUT2D eigenvalue weighted by Gasteiger charge is -2.11. The van der Waals surface area contributed by atoms with Crippen LogP contribution in [0.15, 0.2) is 0 Å². The topological polar surface area (TPSA) is 57.5 Å². The minimum Gasteiger partial charge on any atom is -0.324 e. The van der Waals surface area contributed by atoms with Gasteiger partial charge in [0.2, 0.25) is 0 Å². The van der Waals surface area contributed by atoms with E-state index in [2.05, 4.69) is 19.6 Å². The van der Waals surface area contributed by atoms with E-state index in [9.17, 15) is 4.57 Å². The van der Waals surface area contributed by atoms with E-state index in [1.807, 2.05) is 0 Å². The molecule has 0 spiro atoms. The molecule has 0 aliphatic carbocycles. The molecule has 0 aromatic heterocycles. The Morgan fingerprint density at radius 1 is 0.762 bits per heavy atom. The second-order valence-corrected chi connectivity index (χ2v) is 8.93. The Bertz CT molecular complexity index is 268. The van der Waals surface area contributed by atoms with Gasteiger partial charge in [0.25, 0.3) is 0 Å². The van der Waals surface area contributed by atoms with Crippen LogP contribution in [-0.2, 0) is 4.57 Å². The molecule has 0 radical (unpaired) electrons.